The molecule has 0 radical (unpaired) electrons. The predicted octanol–water partition coefficient (Wildman–Crippen LogP) is 3.33. The number of aromatic nitrogens is 3. The largest absolute Gasteiger partial charge is 0.472 e. The summed E-state index contributed by atoms with van der Waals surface area (Å²) < 4.78 is 34.5. The molecule has 2 aliphatic heterocycles. The second-order valence-corrected chi connectivity index (χ2v) is 16.6. The van der Waals surface area contributed by atoms with Crippen molar-refractivity contribution in [1.82, 2.24) is 35.2 Å². The van der Waals surface area contributed by atoms with Crippen LogP contribution in [-0.4, -0.2) is 87.4 Å². The molecule has 0 spiro atoms. The Morgan fingerprint density at radius 2 is 1.72 bits per heavy atom. The van der Waals surface area contributed by atoms with Crippen LogP contribution in [0.3, 0.4) is 0 Å². The molecule has 14 nitrogen and oxygen atoms in total. The fourth-order valence-electron chi connectivity index (χ4n) is 7.62. The number of para-hydroxylation sites is 1. The number of pyridine rings is 1. The molecular weight excluding hydrogens is 711 g/mol. The fourth-order valence-corrected chi connectivity index (χ4v) is 8.98. The summed E-state index contributed by atoms with van der Waals surface area (Å²) in [5.74, 6) is -2.53. The molecule has 2 aromatic heterocycles. The van der Waals surface area contributed by atoms with Gasteiger partial charge < -0.3 is 20.3 Å². The lowest BCUT2D eigenvalue weighted by molar-refractivity contribution is -0.141. The summed E-state index contributed by atoms with van der Waals surface area (Å²) in [6.45, 7) is -0.00411. The third-order valence-corrected chi connectivity index (χ3v) is 12.6. The highest BCUT2D eigenvalue weighted by atomic mass is 32.2. The van der Waals surface area contributed by atoms with Crippen LogP contribution in [0.1, 0.15) is 68.3 Å². The molecule has 4 amide bonds. The summed E-state index contributed by atoms with van der Waals surface area (Å²) in [5.41, 5.74) is -0.730. The zero-order valence-electron chi connectivity index (χ0n) is 29.5. The van der Waals surface area contributed by atoms with Gasteiger partial charge in [-0.05, 0) is 56.0 Å². The monoisotopic (exact) mass is 751 g/mol. The quantitative estimate of drug-likeness (QED) is 0.187. The zero-order valence-corrected chi connectivity index (χ0v) is 30.3. The average Bonchev–Trinajstić information content (AvgIpc) is 4.11. The van der Waals surface area contributed by atoms with E-state index in [2.05, 4.69) is 25.3 Å². The maximum absolute atomic E-state index is 14.6. The Kier molecular flexibility index (Phi) is 9.50. The molecule has 3 N–H and O–H groups in total. The summed E-state index contributed by atoms with van der Waals surface area (Å²) >= 11 is 0. The molecule has 2 aromatic carbocycles. The number of benzene rings is 2. The number of nitrogens with one attached hydrogen (secondary N) is 3. The van der Waals surface area contributed by atoms with Crippen molar-refractivity contribution in [3.05, 3.63) is 85.0 Å². The van der Waals surface area contributed by atoms with Crippen LogP contribution < -0.4 is 20.1 Å². The Bertz CT molecular complexity index is 2270. The number of ether oxygens (including phenoxy) is 1. The molecule has 54 heavy (non-hydrogen) atoms. The molecule has 1 saturated heterocycles. The van der Waals surface area contributed by atoms with E-state index in [1.165, 1.54) is 23.5 Å². The van der Waals surface area contributed by atoms with Crippen molar-refractivity contribution in [2.24, 2.45) is 5.92 Å². The molecule has 3 fully saturated rings. The maximum Gasteiger partial charge on any atom is 0.272 e. The first-order valence-electron chi connectivity index (χ1n) is 18.5. The number of hydrogen-bond acceptors (Lipinski definition) is 10. The average molecular weight is 752 g/mol. The minimum atomic E-state index is -3.89. The second-order valence-electron chi connectivity index (χ2n) is 14.6. The van der Waals surface area contributed by atoms with Gasteiger partial charge in [-0.25, -0.2) is 18.4 Å². The molecule has 4 aliphatic rings. The Labute approximate surface area is 312 Å². The van der Waals surface area contributed by atoms with Crippen molar-refractivity contribution in [2.45, 2.75) is 86.8 Å². The van der Waals surface area contributed by atoms with E-state index in [-0.39, 0.29) is 25.1 Å². The van der Waals surface area contributed by atoms with Crippen molar-refractivity contribution < 1.29 is 32.3 Å². The van der Waals surface area contributed by atoms with E-state index >= 15 is 0 Å². The van der Waals surface area contributed by atoms with E-state index in [0.29, 0.717) is 38.0 Å². The van der Waals surface area contributed by atoms with Crippen LogP contribution in [-0.2, 0) is 24.4 Å². The van der Waals surface area contributed by atoms with E-state index in [9.17, 15) is 27.6 Å². The van der Waals surface area contributed by atoms with Crippen LogP contribution in [0.4, 0.5) is 0 Å². The minimum Gasteiger partial charge on any atom is -0.472 e. The van der Waals surface area contributed by atoms with Crippen LogP contribution in [0.25, 0.3) is 21.7 Å². The molecule has 4 heterocycles. The molecule has 2 saturated carbocycles. The van der Waals surface area contributed by atoms with Crippen molar-refractivity contribution >= 4 is 55.3 Å². The molecule has 0 bridgehead atoms. The fraction of sp³-hybridized carbons (Fsp3) is 0.410. The van der Waals surface area contributed by atoms with E-state index in [1.54, 1.807) is 0 Å². The van der Waals surface area contributed by atoms with E-state index in [0.717, 1.165) is 34.5 Å². The van der Waals surface area contributed by atoms with Gasteiger partial charge in [-0.2, -0.15) is 0 Å². The summed E-state index contributed by atoms with van der Waals surface area (Å²) in [4.78, 5) is 70.4. The van der Waals surface area contributed by atoms with Gasteiger partial charge in [-0.3, -0.25) is 28.9 Å². The number of carbonyl (C=O) groups excluding carboxylic acids is 4. The van der Waals surface area contributed by atoms with Crippen molar-refractivity contribution in [3.8, 4) is 5.88 Å². The number of nitrogens with zero attached hydrogens (tertiary/aromatic N) is 4. The lowest BCUT2D eigenvalue weighted by atomic mass is 10.0. The van der Waals surface area contributed by atoms with Gasteiger partial charge in [0, 0.05) is 35.5 Å². The van der Waals surface area contributed by atoms with Gasteiger partial charge in [0.05, 0.1) is 23.5 Å². The van der Waals surface area contributed by atoms with Gasteiger partial charge >= 0.3 is 0 Å². The first kappa shape index (κ1) is 35.6. The number of hydrogen-bond donors (Lipinski definition) is 3. The lowest BCUT2D eigenvalue weighted by Gasteiger charge is -2.29. The number of fused-ring (bicyclic) bond motifs is 5. The van der Waals surface area contributed by atoms with Gasteiger partial charge in [-0.1, -0.05) is 61.4 Å². The van der Waals surface area contributed by atoms with Crippen LogP contribution in [0.15, 0.2) is 79.3 Å². The van der Waals surface area contributed by atoms with Crippen LogP contribution >= 0.6 is 0 Å². The topological polar surface area (TPSA) is 190 Å². The molecule has 280 valence electrons. The van der Waals surface area contributed by atoms with Crippen molar-refractivity contribution in [3.63, 3.8) is 0 Å². The third kappa shape index (κ3) is 7.11. The Balaban J connectivity index is 1.12. The molecule has 2 aliphatic carbocycles. The van der Waals surface area contributed by atoms with Crippen LogP contribution in [0.2, 0.25) is 0 Å². The molecule has 5 atom stereocenters. The van der Waals surface area contributed by atoms with Gasteiger partial charge in [0.15, 0.2) is 0 Å². The maximum atomic E-state index is 14.6. The molecule has 15 heteroatoms. The molecule has 4 aromatic rings. The van der Waals surface area contributed by atoms with Crippen molar-refractivity contribution in [2.75, 3.05) is 6.54 Å². The number of sulfonamides is 1. The first-order chi connectivity index (χ1) is 26.1. The second kappa shape index (κ2) is 14.4. The number of allylic oxidation sites excluding steroid dienone is 1. The summed E-state index contributed by atoms with van der Waals surface area (Å²) in [6.07, 6.45) is 11.7. The molecule has 2 unspecified atom stereocenters. The van der Waals surface area contributed by atoms with Gasteiger partial charge in [0.2, 0.25) is 27.7 Å². The van der Waals surface area contributed by atoms with E-state index in [4.69, 9.17) is 9.72 Å². The highest BCUT2D eigenvalue weighted by Crippen LogP contribution is 2.46. The number of amides is 4. The first-order valence-corrected chi connectivity index (χ1v) is 20.0. The van der Waals surface area contributed by atoms with Gasteiger partial charge in [0.1, 0.15) is 29.4 Å². The normalized spacial score (nSPS) is 26.8. The van der Waals surface area contributed by atoms with Gasteiger partial charge in [0.25, 0.3) is 11.8 Å². The summed E-state index contributed by atoms with van der Waals surface area (Å²) in [7, 11) is -3.89. The number of rotatable bonds is 7. The van der Waals surface area contributed by atoms with Crippen LogP contribution in [0, 0.1) is 5.92 Å². The molecular formula is C39H41N7O7S. The van der Waals surface area contributed by atoms with Crippen LogP contribution in [0.5, 0.6) is 5.88 Å². The highest BCUT2D eigenvalue weighted by Gasteiger charge is 2.62. The molecule has 8 rings (SSSR count). The van der Waals surface area contributed by atoms with Gasteiger partial charge in [-0.15, -0.1) is 0 Å². The Morgan fingerprint density at radius 3 is 2.50 bits per heavy atom. The van der Waals surface area contributed by atoms with E-state index < -0.39 is 68.5 Å². The third-order valence-electron chi connectivity index (χ3n) is 10.8. The standard InChI is InChI=1S/C39H41N7O7S/c47-34(32-22-40-18-19-41-32)42-31-15-5-3-1-2-4-10-24-21-39(24,38(50)45-54(51,52)26-16-17-26)44-35(48)33-20-25(23-46(33)37(31)49)53-36-29-13-7-6-11-27(29)28-12-8-9-14-30(28)43-36/h4,6-14,18-19,22,24-26,31,33H,1-3,5,15-17,20-21,23H2,(H,42,47)(H,44,48)(H,45,50)/b10-4-/t24?,25-,31?,33+,39-/m1/s1. The Morgan fingerprint density at radius 1 is 0.944 bits per heavy atom. The SMILES string of the molecule is O=C(NC1CCCCC/C=C\C2C[C@@]2(C(=O)NS(=O)(=O)C2CC2)NC(=O)[C@@H]2C[C@@H](Oc3nc4ccccc4c4ccccc34)CN2C1=O)c1cnccn1. The lowest BCUT2D eigenvalue weighted by Crippen LogP contribution is -2.58. The summed E-state index contributed by atoms with van der Waals surface area (Å²) in [5, 5.41) is 7.76. The van der Waals surface area contributed by atoms with Crippen molar-refractivity contribution in [1.29, 1.82) is 0 Å². The summed E-state index contributed by atoms with van der Waals surface area (Å²) in [6, 6.07) is 13.3. The number of carbonyl (C=O) groups is 4. The predicted molar refractivity (Wildman–Crippen MR) is 198 cm³/mol. The van der Waals surface area contributed by atoms with E-state index in [1.807, 2.05) is 60.7 Å². The minimum absolute atomic E-state index is 0.00411. The smallest absolute Gasteiger partial charge is 0.272 e. The Hall–Kier alpha value is -5.44. The highest BCUT2D eigenvalue weighted by molar-refractivity contribution is 7.91. The zero-order chi connectivity index (χ0) is 37.5.